The van der Waals surface area contributed by atoms with Crippen LogP contribution in [0.1, 0.15) is 16.5 Å². The van der Waals surface area contributed by atoms with Crippen molar-refractivity contribution < 1.29 is 0 Å². The minimum Gasteiger partial charge on any atom is -0.271 e. The Morgan fingerprint density at radius 2 is 2.12 bits per heavy atom. The van der Waals surface area contributed by atoms with Crippen molar-refractivity contribution in [3.63, 3.8) is 0 Å². The number of nitrogens with two attached hydrogens (primary N) is 1. The van der Waals surface area contributed by atoms with Crippen LogP contribution in [0.5, 0.6) is 0 Å². The van der Waals surface area contributed by atoms with E-state index in [1.165, 1.54) is 4.88 Å². The molecule has 0 saturated carbocycles. The molecule has 0 amide bonds. The molecule has 0 aliphatic carbocycles. The maximum absolute atomic E-state index is 5.66. The number of hydrazine groups is 1. The van der Waals surface area contributed by atoms with Crippen LogP contribution in [0.25, 0.3) is 0 Å². The Bertz CT molecular complexity index is 485. The number of halogens is 2. The molecule has 0 bridgehead atoms. The van der Waals surface area contributed by atoms with Gasteiger partial charge in [0.25, 0.3) is 0 Å². The Hall–Kier alpha value is -0.200. The monoisotopic (exact) mass is 374 g/mol. The van der Waals surface area contributed by atoms with E-state index < -0.39 is 0 Å². The third-order valence-corrected chi connectivity index (χ3v) is 4.63. The molecule has 0 fully saturated rings. The normalized spacial score (nSPS) is 12.6. The van der Waals surface area contributed by atoms with Crippen LogP contribution < -0.4 is 11.3 Å². The van der Waals surface area contributed by atoms with E-state index in [0.29, 0.717) is 0 Å². The number of thiophene rings is 1. The predicted octanol–water partition coefficient (Wildman–Crippen LogP) is 4.02. The van der Waals surface area contributed by atoms with Gasteiger partial charge in [-0.1, -0.05) is 37.9 Å². The molecule has 2 rings (SSSR count). The lowest BCUT2D eigenvalue weighted by Gasteiger charge is -2.17. The summed E-state index contributed by atoms with van der Waals surface area (Å²) in [6, 6.07) is 10.4. The summed E-state index contributed by atoms with van der Waals surface area (Å²) in [5, 5.41) is 2.08. The first kappa shape index (κ1) is 13.2. The van der Waals surface area contributed by atoms with E-state index in [1.54, 1.807) is 11.3 Å². The molecule has 1 aromatic carbocycles. The number of nitrogens with one attached hydrogen (secondary N) is 1. The van der Waals surface area contributed by atoms with Gasteiger partial charge in [-0.3, -0.25) is 11.3 Å². The van der Waals surface area contributed by atoms with Gasteiger partial charge in [0.15, 0.2) is 0 Å². The second-order valence-electron chi connectivity index (χ2n) is 3.67. The highest BCUT2D eigenvalue weighted by atomic mass is 79.9. The molecule has 2 aromatic rings. The number of hydrogen-bond donors (Lipinski definition) is 2. The van der Waals surface area contributed by atoms with E-state index in [2.05, 4.69) is 60.9 Å². The van der Waals surface area contributed by atoms with Crippen molar-refractivity contribution in [1.29, 1.82) is 0 Å². The molecule has 2 nitrogen and oxygen atoms in total. The van der Waals surface area contributed by atoms with Gasteiger partial charge >= 0.3 is 0 Å². The summed E-state index contributed by atoms with van der Waals surface area (Å²) in [6.07, 6.45) is 0.892. The first-order valence-corrected chi connectivity index (χ1v) is 7.60. The molecule has 0 aliphatic rings. The minimum atomic E-state index is 0.112. The lowest BCUT2D eigenvalue weighted by molar-refractivity contribution is 0.553. The molecular formula is C12H12Br2N2S. The molecule has 0 saturated heterocycles. The number of rotatable bonds is 4. The Labute approximate surface area is 121 Å². The van der Waals surface area contributed by atoms with Gasteiger partial charge in [0, 0.05) is 20.2 Å². The Balaban J connectivity index is 2.25. The topological polar surface area (TPSA) is 38.0 Å². The summed E-state index contributed by atoms with van der Waals surface area (Å²) in [4.78, 5) is 1.32. The standard InChI is InChI=1S/C12H12Br2N2S/c13-8-3-4-11(14)10(6-8)12(16-15)7-9-2-1-5-17-9/h1-6,12,16H,7,15H2. The molecule has 1 unspecified atom stereocenters. The van der Waals surface area contributed by atoms with Gasteiger partial charge in [-0.25, -0.2) is 0 Å². The molecule has 1 atom stereocenters. The summed E-state index contributed by atoms with van der Waals surface area (Å²) in [5.41, 5.74) is 4.04. The maximum Gasteiger partial charge on any atom is 0.0519 e. The summed E-state index contributed by atoms with van der Waals surface area (Å²) >= 11 is 8.80. The molecule has 1 aromatic heterocycles. The van der Waals surface area contributed by atoms with Crippen molar-refractivity contribution in [2.75, 3.05) is 0 Å². The van der Waals surface area contributed by atoms with Gasteiger partial charge in [0.2, 0.25) is 0 Å². The zero-order valence-corrected chi connectivity index (χ0v) is 13.0. The lowest BCUT2D eigenvalue weighted by Crippen LogP contribution is -2.29. The first-order chi connectivity index (χ1) is 8.20. The second-order valence-corrected chi connectivity index (χ2v) is 6.47. The van der Waals surface area contributed by atoms with Crippen molar-refractivity contribution in [3.8, 4) is 0 Å². The van der Waals surface area contributed by atoms with E-state index in [0.717, 1.165) is 20.9 Å². The summed E-state index contributed by atoms with van der Waals surface area (Å²) in [5.74, 6) is 5.66. The molecule has 1 heterocycles. The fourth-order valence-corrected chi connectivity index (χ4v) is 3.32. The van der Waals surface area contributed by atoms with Gasteiger partial charge in [0.05, 0.1) is 6.04 Å². The van der Waals surface area contributed by atoms with Crippen LogP contribution in [0, 0.1) is 0 Å². The summed E-state index contributed by atoms with van der Waals surface area (Å²) < 4.78 is 2.13. The quantitative estimate of drug-likeness (QED) is 0.625. The molecular weight excluding hydrogens is 364 g/mol. The van der Waals surface area contributed by atoms with Crippen molar-refractivity contribution >= 4 is 43.2 Å². The lowest BCUT2D eigenvalue weighted by atomic mass is 10.0. The van der Waals surface area contributed by atoms with E-state index in [1.807, 2.05) is 12.1 Å². The van der Waals surface area contributed by atoms with Crippen LogP contribution in [-0.4, -0.2) is 0 Å². The Morgan fingerprint density at radius 3 is 2.76 bits per heavy atom. The van der Waals surface area contributed by atoms with Crippen LogP contribution >= 0.6 is 43.2 Å². The third kappa shape index (κ3) is 3.39. The van der Waals surface area contributed by atoms with Gasteiger partial charge in [0.1, 0.15) is 0 Å². The first-order valence-electron chi connectivity index (χ1n) is 5.14. The molecule has 0 spiro atoms. The highest BCUT2D eigenvalue weighted by molar-refractivity contribution is 9.11. The van der Waals surface area contributed by atoms with Gasteiger partial charge in [-0.05, 0) is 35.2 Å². The summed E-state index contributed by atoms with van der Waals surface area (Å²) in [7, 11) is 0. The SMILES string of the molecule is NNC(Cc1cccs1)c1cc(Br)ccc1Br. The van der Waals surface area contributed by atoms with E-state index in [-0.39, 0.29) is 6.04 Å². The van der Waals surface area contributed by atoms with Crippen molar-refractivity contribution in [2.24, 2.45) is 5.84 Å². The van der Waals surface area contributed by atoms with Gasteiger partial charge < -0.3 is 0 Å². The van der Waals surface area contributed by atoms with Crippen LogP contribution in [0.3, 0.4) is 0 Å². The number of benzene rings is 1. The van der Waals surface area contributed by atoms with Crippen LogP contribution in [0.4, 0.5) is 0 Å². The van der Waals surface area contributed by atoms with Crippen molar-refractivity contribution in [1.82, 2.24) is 5.43 Å². The molecule has 17 heavy (non-hydrogen) atoms. The van der Waals surface area contributed by atoms with Gasteiger partial charge in [-0.2, -0.15) is 0 Å². The molecule has 90 valence electrons. The van der Waals surface area contributed by atoms with Gasteiger partial charge in [-0.15, -0.1) is 11.3 Å². The molecule has 3 N–H and O–H groups in total. The van der Waals surface area contributed by atoms with E-state index in [4.69, 9.17) is 5.84 Å². The van der Waals surface area contributed by atoms with Crippen LogP contribution in [0.15, 0.2) is 44.7 Å². The zero-order valence-electron chi connectivity index (χ0n) is 8.99. The Kier molecular flexibility index (Phi) is 4.76. The maximum atomic E-state index is 5.66. The summed E-state index contributed by atoms with van der Waals surface area (Å²) in [6.45, 7) is 0. The average Bonchev–Trinajstić information content (AvgIpc) is 2.82. The van der Waals surface area contributed by atoms with E-state index >= 15 is 0 Å². The smallest absolute Gasteiger partial charge is 0.0519 e. The predicted molar refractivity (Wildman–Crippen MR) is 79.9 cm³/mol. The second kappa shape index (κ2) is 6.11. The molecule has 0 aliphatic heterocycles. The van der Waals surface area contributed by atoms with E-state index in [9.17, 15) is 0 Å². The van der Waals surface area contributed by atoms with Crippen molar-refractivity contribution in [3.05, 3.63) is 55.1 Å². The minimum absolute atomic E-state index is 0.112. The average molecular weight is 376 g/mol. The number of hydrogen-bond acceptors (Lipinski definition) is 3. The largest absolute Gasteiger partial charge is 0.271 e. The highest BCUT2D eigenvalue weighted by Gasteiger charge is 2.14. The third-order valence-electron chi connectivity index (χ3n) is 2.52. The highest BCUT2D eigenvalue weighted by Crippen LogP contribution is 2.29. The van der Waals surface area contributed by atoms with Crippen molar-refractivity contribution in [2.45, 2.75) is 12.5 Å². The van der Waals surface area contributed by atoms with Crippen LogP contribution in [-0.2, 0) is 6.42 Å². The fourth-order valence-electron chi connectivity index (χ4n) is 1.67. The Morgan fingerprint density at radius 1 is 1.29 bits per heavy atom. The molecule has 0 radical (unpaired) electrons. The van der Waals surface area contributed by atoms with Crippen LogP contribution in [0.2, 0.25) is 0 Å². The zero-order chi connectivity index (χ0) is 12.3. The molecule has 5 heteroatoms. The fraction of sp³-hybridized carbons (Fsp3) is 0.167.